The summed E-state index contributed by atoms with van der Waals surface area (Å²) in [4.78, 5) is 2.48. The Labute approximate surface area is 108 Å². The van der Waals surface area contributed by atoms with Crippen LogP contribution in [0.2, 0.25) is 5.02 Å². The first-order valence-corrected chi connectivity index (χ1v) is 6.47. The molecule has 0 amide bonds. The van der Waals surface area contributed by atoms with E-state index in [1.54, 1.807) is 6.07 Å². The van der Waals surface area contributed by atoms with Gasteiger partial charge in [-0.15, -0.1) is 0 Å². The molecule has 1 heterocycles. The van der Waals surface area contributed by atoms with Gasteiger partial charge in [0.1, 0.15) is 0 Å². The number of hydrogen-bond donors (Lipinski definition) is 0. The van der Waals surface area contributed by atoms with Crippen molar-refractivity contribution in [2.45, 2.75) is 19.8 Å². The Morgan fingerprint density at radius 3 is 2.94 bits per heavy atom. The number of benzene rings is 1. The summed E-state index contributed by atoms with van der Waals surface area (Å²) in [6.45, 7) is 5.77. The third-order valence-electron chi connectivity index (χ3n) is 3.31. The van der Waals surface area contributed by atoms with Gasteiger partial charge in [-0.05, 0) is 49.1 Å². The summed E-state index contributed by atoms with van der Waals surface area (Å²) in [6, 6.07) is 7.75. The normalized spacial score (nSPS) is 20.4. The summed E-state index contributed by atoms with van der Waals surface area (Å²) in [5.74, 6) is 0.823. The zero-order chi connectivity index (χ0) is 12.3. The Morgan fingerprint density at radius 1 is 1.47 bits per heavy atom. The second kappa shape index (κ2) is 5.53. The maximum atomic E-state index is 8.88. The minimum atomic E-state index is 0.655. The van der Waals surface area contributed by atoms with Crippen LogP contribution in [0.15, 0.2) is 18.2 Å². The lowest BCUT2D eigenvalue weighted by molar-refractivity contribution is 0.332. The van der Waals surface area contributed by atoms with Gasteiger partial charge in [-0.25, -0.2) is 0 Å². The SMILES string of the molecule is CC1CCN(CCc2cc(Cl)cc(C#N)c2)C1. The van der Waals surface area contributed by atoms with Crippen LogP contribution in [0.5, 0.6) is 0 Å². The van der Waals surface area contributed by atoms with Crippen molar-refractivity contribution < 1.29 is 0 Å². The topological polar surface area (TPSA) is 27.0 Å². The van der Waals surface area contributed by atoms with Gasteiger partial charge in [0.15, 0.2) is 0 Å². The second-order valence-electron chi connectivity index (χ2n) is 4.90. The van der Waals surface area contributed by atoms with Crippen molar-refractivity contribution in [1.82, 2.24) is 4.90 Å². The third-order valence-corrected chi connectivity index (χ3v) is 3.53. The molecule has 2 rings (SSSR count). The van der Waals surface area contributed by atoms with Gasteiger partial charge in [-0.1, -0.05) is 18.5 Å². The molecule has 0 saturated carbocycles. The predicted molar refractivity (Wildman–Crippen MR) is 70.1 cm³/mol. The van der Waals surface area contributed by atoms with E-state index in [0.29, 0.717) is 10.6 Å². The molecule has 1 aliphatic rings. The zero-order valence-electron chi connectivity index (χ0n) is 10.1. The number of likely N-dealkylation sites (tertiary alicyclic amines) is 1. The third kappa shape index (κ3) is 3.46. The molecule has 90 valence electrons. The van der Waals surface area contributed by atoms with E-state index in [0.717, 1.165) is 24.4 Å². The molecular weight excluding hydrogens is 232 g/mol. The van der Waals surface area contributed by atoms with E-state index in [9.17, 15) is 0 Å². The minimum absolute atomic E-state index is 0.655. The Hall–Kier alpha value is -1.04. The van der Waals surface area contributed by atoms with Crippen molar-refractivity contribution in [2.75, 3.05) is 19.6 Å². The van der Waals surface area contributed by atoms with Crippen molar-refractivity contribution in [2.24, 2.45) is 5.92 Å². The lowest BCUT2D eigenvalue weighted by Crippen LogP contribution is -2.23. The van der Waals surface area contributed by atoms with Crippen LogP contribution in [-0.4, -0.2) is 24.5 Å². The first kappa shape index (κ1) is 12.4. The van der Waals surface area contributed by atoms with Crippen LogP contribution < -0.4 is 0 Å². The highest BCUT2D eigenvalue weighted by Crippen LogP contribution is 2.18. The number of nitrogens with zero attached hydrogens (tertiary/aromatic N) is 2. The van der Waals surface area contributed by atoms with Crippen LogP contribution in [0, 0.1) is 17.2 Å². The van der Waals surface area contributed by atoms with Gasteiger partial charge in [-0.3, -0.25) is 0 Å². The van der Waals surface area contributed by atoms with Gasteiger partial charge in [0.2, 0.25) is 0 Å². The lowest BCUT2D eigenvalue weighted by Gasteiger charge is -2.15. The van der Waals surface area contributed by atoms with Gasteiger partial charge in [-0.2, -0.15) is 5.26 Å². The second-order valence-corrected chi connectivity index (χ2v) is 5.34. The minimum Gasteiger partial charge on any atom is -0.303 e. The molecule has 1 aliphatic heterocycles. The van der Waals surface area contributed by atoms with Crippen LogP contribution in [0.25, 0.3) is 0 Å². The monoisotopic (exact) mass is 248 g/mol. The van der Waals surface area contributed by atoms with Crippen molar-refractivity contribution in [1.29, 1.82) is 5.26 Å². The number of rotatable bonds is 3. The highest BCUT2D eigenvalue weighted by atomic mass is 35.5. The molecule has 0 aliphatic carbocycles. The summed E-state index contributed by atoms with van der Waals surface area (Å²) in [5, 5.41) is 9.54. The fraction of sp³-hybridized carbons (Fsp3) is 0.500. The highest BCUT2D eigenvalue weighted by Gasteiger charge is 2.17. The van der Waals surface area contributed by atoms with Crippen LogP contribution in [0.4, 0.5) is 0 Å². The van der Waals surface area contributed by atoms with E-state index in [1.165, 1.54) is 19.5 Å². The molecule has 1 unspecified atom stereocenters. The number of hydrogen-bond acceptors (Lipinski definition) is 2. The first-order chi connectivity index (χ1) is 8.17. The van der Waals surface area contributed by atoms with E-state index in [2.05, 4.69) is 17.9 Å². The average Bonchev–Trinajstić information content (AvgIpc) is 2.72. The van der Waals surface area contributed by atoms with Gasteiger partial charge < -0.3 is 4.90 Å². The van der Waals surface area contributed by atoms with E-state index >= 15 is 0 Å². The molecular formula is C14H17ClN2. The van der Waals surface area contributed by atoms with Crippen LogP contribution in [0.3, 0.4) is 0 Å². The van der Waals surface area contributed by atoms with Gasteiger partial charge in [0.25, 0.3) is 0 Å². The molecule has 0 bridgehead atoms. The fourth-order valence-corrected chi connectivity index (χ4v) is 2.63. The van der Waals surface area contributed by atoms with Crippen molar-refractivity contribution in [3.8, 4) is 6.07 Å². The fourth-order valence-electron chi connectivity index (χ4n) is 2.38. The van der Waals surface area contributed by atoms with Crippen molar-refractivity contribution >= 4 is 11.6 Å². The van der Waals surface area contributed by atoms with Crippen LogP contribution in [0.1, 0.15) is 24.5 Å². The molecule has 0 aromatic heterocycles. The molecule has 1 saturated heterocycles. The van der Waals surface area contributed by atoms with Gasteiger partial charge >= 0.3 is 0 Å². The maximum Gasteiger partial charge on any atom is 0.0992 e. The molecule has 1 aromatic rings. The summed E-state index contributed by atoms with van der Waals surface area (Å²) in [6.07, 6.45) is 2.28. The Morgan fingerprint density at radius 2 is 2.29 bits per heavy atom. The Balaban J connectivity index is 1.95. The molecule has 1 atom stereocenters. The molecule has 0 N–H and O–H groups in total. The van der Waals surface area contributed by atoms with Gasteiger partial charge in [0, 0.05) is 18.1 Å². The Bertz CT molecular complexity index is 436. The molecule has 1 fully saturated rings. The van der Waals surface area contributed by atoms with E-state index in [1.807, 2.05) is 12.1 Å². The number of halogens is 1. The standard InChI is InChI=1S/C14H17ClN2/c1-11-2-4-17(10-11)5-3-12-6-13(9-16)8-14(15)7-12/h6-8,11H,2-5,10H2,1H3. The van der Waals surface area contributed by atoms with Crippen LogP contribution >= 0.6 is 11.6 Å². The lowest BCUT2D eigenvalue weighted by atomic mass is 10.1. The molecule has 0 spiro atoms. The number of nitriles is 1. The first-order valence-electron chi connectivity index (χ1n) is 6.09. The summed E-state index contributed by atoms with van der Waals surface area (Å²) in [5.41, 5.74) is 1.82. The van der Waals surface area contributed by atoms with Crippen molar-refractivity contribution in [3.05, 3.63) is 34.3 Å². The van der Waals surface area contributed by atoms with Crippen LogP contribution in [-0.2, 0) is 6.42 Å². The predicted octanol–water partition coefficient (Wildman–Crippen LogP) is 3.10. The quantitative estimate of drug-likeness (QED) is 0.822. The van der Waals surface area contributed by atoms with Crippen molar-refractivity contribution in [3.63, 3.8) is 0 Å². The maximum absolute atomic E-state index is 8.88. The van der Waals surface area contributed by atoms with E-state index in [4.69, 9.17) is 16.9 Å². The van der Waals surface area contributed by atoms with Gasteiger partial charge in [0.05, 0.1) is 11.6 Å². The van der Waals surface area contributed by atoms with E-state index < -0.39 is 0 Å². The summed E-state index contributed by atoms with van der Waals surface area (Å²) < 4.78 is 0. The van der Waals surface area contributed by atoms with E-state index in [-0.39, 0.29) is 0 Å². The zero-order valence-corrected chi connectivity index (χ0v) is 10.9. The molecule has 17 heavy (non-hydrogen) atoms. The smallest absolute Gasteiger partial charge is 0.0992 e. The largest absolute Gasteiger partial charge is 0.303 e. The molecule has 1 aromatic carbocycles. The molecule has 0 radical (unpaired) electrons. The molecule has 3 heteroatoms. The summed E-state index contributed by atoms with van der Waals surface area (Å²) >= 11 is 5.98. The average molecular weight is 249 g/mol. The highest BCUT2D eigenvalue weighted by molar-refractivity contribution is 6.30. The Kier molecular flexibility index (Phi) is 4.04. The summed E-state index contributed by atoms with van der Waals surface area (Å²) in [7, 11) is 0. The molecule has 2 nitrogen and oxygen atoms in total.